The van der Waals surface area contributed by atoms with Gasteiger partial charge in [0.1, 0.15) is 0 Å². The lowest BCUT2D eigenvalue weighted by Gasteiger charge is -2.16. The molecule has 0 amide bonds. The molecule has 0 heterocycles. The Bertz CT molecular complexity index is 329. The second-order valence-corrected chi connectivity index (χ2v) is 5.94. The highest BCUT2D eigenvalue weighted by Gasteiger charge is 2.10. The van der Waals surface area contributed by atoms with Crippen LogP contribution < -0.4 is 5.32 Å². The van der Waals surface area contributed by atoms with Gasteiger partial charge in [0.25, 0.3) is 0 Å². The fourth-order valence-electron chi connectivity index (χ4n) is 2.60. The minimum atomic E-state index is 0.768. The highest BCUT2D eigenvalue weighted by atomic mass is 79.9. The van der Waals surface area contributed by atoms with Crippen molar-refractivity contribution in [1.82, 2.24) is 5.32 Å². The summed E-state index contributed by atoms with van der Waals surface area (Å²) in [7, 11) is 0. The van der Waals surface area contributed by atoms with Gasteiger partial charge in [-0.05, 0) is 43.5 Å². The normalized spacial score (nSPS) is 17.9. The maximum atomic E-state index is 3.71. The summed E-state index contributed by atoms with van der Waals surface area (Å²) in [5, 5.41) is 3.71. The van der Waals surface area contributed by atoms with Gasteiger partial charge < -0.3 is 5.32 Å². The lowest BCUT2D eigenvalue weighted by Crippen LogP contribution is -2.30. The quantitative estimate of drug-likeness (QED) is 0.817. The van der Waals surface area contributed by atoms with E-state index in [4.69, 9.17) is 0 Å². The van der Waals surface area contributed by atoms with Crippen LogP contribution in [0.4, 0.5) is 0 Å². The smallest absolute Gasteiger partial charge is 0.0178 e. The first-order valence-electron chi connectivity index (χ1n) is 6.82. The van der Waals surface area contributed by atoms with Crippen LogP contribution in [0, 0.1) is 0 Å². The van der Waals surface area contributed by atoms with Crippen LogP contribution in [0.3, 0.4) is 0 Å². The highest BCUT2D eigenvalue weighted by molar-refractivity contribution is 9.10. The van der Waals surface area contributed by atoms with Crippen LogP contribution in [0.25, 0.3) is 0 Å². The largest absolute Gasteiger partial charge is 0.314 e. The van der Waals surface area contributed by atoms with Crippen molar-refractivity contribution < 1.29 is 0 Å². The van der Waals surface area contributed by atoms with Crippen LogP contribution in [0.1, 0.15) is 44.1 Å². The maximum Gasteiger partial charge on any atom is 0.0178 e. The lowest BCUT2D eigenvalue weighted by atomic mass is 10.1. The fourth-order valence-corrected chi connectivity index (χ4v) is 3.04. The zero-order chi connectivity index (χ0) is 11.9. The maximum absolute atomic E-state index is 3.71. The van der Waals surface area contributed by atoms with E-state index in [1.807, 2.05) is 0 Å². The molecule has 1 aliphatic carbocycles. The third-order valence-corrected chi connectivity index (χ3v) is 4.08. The molecule has 1 aromatic carbocycles. The molecule has 0 unspecified atom stereocenters. The Labute approximate surface area is 113 Å². The molecule has 2 heteroatoms. The molecule has 0 bridgehead atoms. The van der Waals surface area contributed by atoms with Crippen LogP contribution in [0.5, 0.6) is 0 Å². The summed E-state index contributed by atoms with van der Waals surface area (Å²) in [4.78, 5) is 0. The van der Waals surface area contributed by atoms with Crippen LogP contribution in [0.2, 0.25) is 0 Å². The van der Waals surface area contributed by atoms with Crippen molar-refractivity contribution in [3.63, 3.8) is 0 Å². The zero-order valence-electron chi connectivity index (χ0n) is 10.4. The Morgan fingerprint density at radius 1 is 1.12 bits per heavy atom. The third kappa shape index (κ3) is 4.81. The molecule has 0 spiro atoms. The second kappa shape index (κ2) is 7.17. The first-order chi connectivity index (χ1) is 8.34. The second-order valence-electron chi connectivity index (χ2n) is 5.02. The molecular formula is C15H22BrN. The molecule has 0 aliphatic heterocycles. The van der Waals surface area contributed by atoms with Crippen LogP contribution in [-0.2, 0) is 6.42 Å². The molecule has 0 saturated heterocycles. The van der Waals surface area contributed by atoms with E-state index in [0.29, 0.717) is 0 Å². The number of rotatable bonds is 4. The van der Waals surface area contributed by atoms with Gasteiger partial charge in [-0.2, -0.15) is 0 Å². The standard InChI is InChI=1S/C15H22BrN/c16-14-7-5-6-13(12-14)10-11-17-15-8-3-1-2-4-9-15/h5-7,12,15,17H,1-4,8-11H2. The summed E-state index contributed by atoms with van der Waals surface area (Å²) < 4.78 is 1.18. The Hall–Kier alpha value is -0.340. The van der Waals surface area contributed by atoms with Gasteiger partial charge in [0.2, 0.25) is 0 Å². The molecule has 1 aliphatic rings. The van der Waals surface area contributed by atoms with E-state index in [-0.39, 0.29) is 0 Å². The van der Waals surface area contributed by atoms with E-state index in [2.05, 4.69) is 45.5 Å². The van der Waals surface area contributed by atoms with E-state index in [1.165, 1.54) is 48.6 Å². The van der Waals surface area contributed by atoms with Crippen LogP contribution >= 0.6 is 15.9 Å². The Morgan fingerprint density at radius 2 is 1.88 bits per heavy atom. The minimum absolute atomic E-state index is 0.768. The van der Waals surface area contributed by atoms with Gasteiger partial charge in [-0.1, -0.05) is 53.7 Å². The van der Waals surface area contributed by atoms with E-state index in [0.717, 1.165) is 19.0 Å². The summed E-state index contributed by atoms with van der Waals surface area (Å²) in [5.74, 6) is 0. The number of benzene rings is 1. The third-order valence-electron chi connectivity index (χ3n) is 3.59. The lowest BCUT2D eigenvalue weighted by molar-refractivity contribution is 0.463. The van der Waals surface area contributed by atoms with Crippen molar-refractivity contribution in [2.75, 3.05) is 6.54 Å². The number of nitrogens with one attached hydrogen (secondary N) is 1. The molecule has 1 saturated carbocycles. The Morgan fingerprint density at radius 3 is 2.59 bits per heavy atom. The summed E-state index contributed by atoms with van der Waals surface area (Å²) >= 11 is 3.52. The molecule has 0 atom stereocenters. The summed E-state index contributed by atoms with van der Waals surface area (Å²) in [6, 6.07) is 9.39. The van der Waals surface area contributed by atoms with Crippen LogP contribution in [-0.4, -0.2) is 12.6 Å². The fraction of sp³-hybridized carbons (Fsp3) is 0.600. The molecule has 2 rings (SSSR count). The summed E-state index contributed by atoms with van der Waals surface area (Å²) in [6.45, 7) is 1.11. The van der Waals surface area contributed by atoms with Crippen molar-refractivity contribution in [1.29, 1.82) is 0 Å². The molecule has 1 nitrogen and oxygen atoms in total. The first-order valence-corrected chi connectivity index (χ1v) is 7.62. The number of halogens is 1. The van der Waals surface area contributed by atoms with Crippen molar-refractivity contribution in [3.05, 3.63) is 34.3 Å². The van der Waals surface area contributed by atoms with Gasteiger partial charge in [-0.25, -0.2) is 0 Å². The van der Waals surface area contributed by atoms with Crippen molar-refractivity contribution in [3.8, 4) is 0 Å². The van der Waals surface area contributed by atoms with Gasteiger partial charge in [0.15, 0.2) is 0 Å². The predicted octanol–water partition coefficient (Wildman–Crippen LogP) is 4.30. The summed E-state index contributed by atoms with van der Waals surface area (Å²) in [6.07, 6.45) is 9.57. The predicted molar refractivity (Wildman–Crippen MR) is 77.3 cm³/mol. The van der Waals surface area contributed by atoms with Gasteiger partial charge in [-0.3, -0.25) is 0 Å². The average Bonchev–Trinajstić information content (AvgIpc) is 2.58. The first kappa shape index (κ1) is 13.1. The van der Waals surface area contributed by atoms with Crippen molar-refractivity contribution in [2.45, 2.75) is 51.0 Å². The van der Waals surface area contributed by atoms with Crippen molar-refractivity contribution >= 4 is 15.9 Å². The molecule has 17 heavy (non-hydrogen) atoms. The van der Waals surface area contributed by atoms with Gasteiger partial charge in [-0.15, -0.1) is 0 Å². The SMILES string of the molecule is Brc1cccc(CCNC2CCCCCC2)c1. The van der Waals surface area contributed by atoms with Gasteiger partial charge >= 0.3 is 0 Å². The number of hydrogen-bond donors (Lipinski definition) is 1. The Balaban J connectivity index is 1.71. The van der Waals surface area contributed by atoms with Crippen molar-refractivity contribution in [2.24, 2.45) is 0 Å². The zero-order valence-corrected chi connectivity index (χ0v) is 12.0. The highest BCUT2D eigenvalue weighted by Crippen LogP contribution is 2.17. The van der Waals surface area contributed by atoms with Gasteiger partial charge in [0.05, 0.1) is 0 Å². The molecule has 0 radical (unpaired) electrons. The summed E-state index contributed by atoms with van der Waals surface area (Å²) in [5.41, 5.74) is 1.42. The minimum Gasteiger partial charge on any atom is -0.314 e. The van der Waals surface area contributed by atoms with E-state index < -0.39 is 0 Å². The molecule has 94 valence electrons. The van der Waals surface area contributed by atoms with Crippen LogP contribution in [0.15, 0.2) is 28.7 Å². The average molecular weight is 296 g/mol. The number of hydrogen-bond acceptors (Lipinski definition) is 1. The molecule has 1 fully saturated rings. The van der Waals surface area contributed by atoms with E-state index in [9.17, 15) is 0 Å². The topological polar surface area (TPSA) is 12.0 Å². The Kier molecular flexibility index (Phi) is 5.53. The monoisotopic (exact) mass is 295 g/mol. The molecule has 0 aromatic heterocycles. The molecule has 1 N–H and O–H groups in total. The molecule has 1 aromatic rings. The van der Waals surface area contributed by atoms with E-state index in [1.54, 1.807) is 0 Å². The van der Waals surface area contributed by atoms with Gasteiger partial charge in [0, 0.05) is 10.5 Å². The molecular weight excluding hydrogens is 274 g/mol. The van der Waals surface area contributed by atoms with E-state index >= 15 is 0 Å².